The molecule has 76 valence electrons. The highest BCUT2D eigenvalue weighted by molar-refractivity contribution is 9.08. The van der Waals surface area contributed by atoms with Crippen LogP contribution in [0.4, 0.5) is 0 Å². The first-order valence-corrected chi connectivity index (χ1v) is 5.25. The van der Waals surface area contributed by atoms with Gasteiger partial charge < -0.3 is 9.84 Å². The number of alkyl halides is 1. The van der Waals surface area contributed by atoms with E-state index in [-0.39, 0.29) is 5.56 Å². The molecule has 5 heteroatoms. The average Bonchev–Trinajstić information content (AvgIpc) is 2.16. The molecule has 0 aliphatic carbocycles. The Morgan fingerprint density at radius 2 is 2.29 bits per heavy atom. The van der Waals surface area contributed by atoms with E-state index >= 15 is 0 Å². The van der Waals surface area contributed by atoms with Crippen molar-refractivity contribution in [2.75, 3.05) is 7.11 Å². The average molecular weight is 280 g/mol. The van der Waals surface area contributed by atoms with Crippen LogP contribution in [0.3, 0.4) is 0 Å². The molecule has 0 radical (unpaired) electrons. The number of halogens is 2. The lowest BCUT2D eigenvalue weighted by Crippen LogP contribution is -2.02. The van der Waals surface area contributed by atoms with Crippen LogP contribution in [0.5, 0.6) is 5.75 Å². The number of benzene rings is 1. The van der Waals surface area contributed by atoms with E-state index in [9.17, 15) is 4.79 Å². The molecule has 0 aromatic heterocycles. The standard InChI is InChI=1S/C9H8BrClO3/c1-14-8-3-6(9(12)13)5(4-10)2-7(8)11/h2-3H,4H2,1H3,(H,12,13). The molecule has 0 aliphatic heterocycles. The van der Waals surface area contributed by atoms with Crippen LogP contribution in [0.25, 0.3) is 0 Å². The Kier molecular flexibility index (Phi) is 3.77. The first kappa shape index (κ1) is 11.3. The number of methoxy groups -OCH3 is 1. The van der Waals surface area contributed by atoms with E-state index in [4.69, 9.17) is 21.4 Å². The number of rotatable bonds is 3. The van der Waals surface area contributed by atoms with Crippen molar-refractivity contribution >= 4 is 33.5 Å². The van der Waals surface area contributed by atoms with Crippen LogP contribution in [-0.4, -0.2) is 18.2 Å². The monoisotopic (exact) mass is 278 g/mol. The van der Waals surface area contributed by atoms with Gasteiger partial charge >= 0.3 is 5.97 Å². The van der Waals surface area contributed by atoms with Crippen LogP contribution in [-0.2, 0) is 5.33 Å². The molecule has 1 N–H and O–H groups in total. The number of hydrogen-bond acceptors (Lipinski definition) is 2. The summed E-state index contributed by atoms with van der Waals surface area (Å²) in [5, 5.41) is 9.74. The van der Waals surface area contributed by atoms with Crippen molar-refractivity contribution in [1.82, 2.24) is 0 Å². The van der Waals surface area contributed by atoms with Gasteiger partial charge in [0, 0.05) is 5.33 Å². The molecule has 1 aromatic carbocycles. The molecular weight excluding hydrogens is 271 g/mol. The number of carboxylic acids is 1. The van der Waals surface area contributed by atoms with Gasteiger partial charge in [0.15, 0.2) is 0 Å². The molecule has 14 heavy (non-hydrogen) atoms. The predicted molar refractivity (Wildman–Crippen MR) is 57.6 cm³/mol. The Bertz CT molecular complexity index is 365. The molecular formula is C9H8BrClO3. The molecule has 0 unspecified atom stereocenters. The van der Waals surface area contributed by atoms with Crippen LogP contribution in [0, 0.1) is 0 Å². The smallest absolute Gasteiger partial charge is 0.336 e. The highest BCUT2D eigenvalue weighted by atomic mass is 79.9. The normalized spacial score (nSPS) is 9.93. The van der Waals surface area contributed by atoms with Gasteiger partial charge in [-0.3, -0.25) is 0 Å². The van der Waals surface area contributed by atoms with Crippen molar-refractivity contribution in [3.05, 3.63) is 28.3 Å². The van der Waals surface area contributed by atoms with Gasteiger partial charge in [0.05, 0.1) is 17.7 Å². The van der Waals surface area contributed by atoms with Gasteiger partial charge in [-0.05, 0) is 17.7 Å². The van der Waals surface area contributed by atoms with Gasteiger partial charge in [0.2, 0.25) is 0 Å². The van der Waals surface area contributed by atoms with E-state index in [0.717, 1.165) is 0 Å². The second kappa shape index (κ2) is 4.66. The van der Waals surface area contributed by atoms with Crippen LogP contribution in [0.1, 0.15) is 15.9 Å². The second-order valence-corrected chi connectivity index (χ2v) is 3.55. The zero-order chi connectivity index (χ0) is 10.7. The Hall–Kier alpha value is -0.740. The summed E-state index contributed by atoms with van der Waals surface area (Å²) in [5.41, 5.74) is 0.825. The molecule has 1 rings (SSSR count). The summed E-state index contributed by atoms with van der Waals surface area (Å²) in [6.07, 6.45) is 0. The van der Waals surface area contributed by atoms with Crippen molar-refractivity contribution in [2.24, 2.45) is 0 Å². The topological polar surface area (TPSA) is 46.5 Å². The summed E-state index contributed by atoms with van der Waals surface area (Å²) in [6, 6.07) is 3.00. The fourth-order valence-corrected chi connectivity index (χ4v) is 1.79. The molecule has 0 atom stereocenters. The second-order valence-electron chi connectivity index (χ2n) is 2.58. The number of ether oxygens (including phenoxy) is 1. The zero-order valence-corrected chi connectivity index (χ0v) is 9.72. The Morgan fingerprint density at radius 1 is 1.64 bits per heavy atom. The highest BCUT2D eigenvalue weighted by Gasteiger charge is 2.13. The first-order valence-electron chi connectivity index (χ1n) is 3.75. The quantitative estimate of drug-likeness (QED) is 0.865. The molecule has 0 heterocycles. The van der Waals surface area contributed by atoms with Crippen LogP contribution >= 0.6 is 27.5 Å². The van der Waals surface area contributed by atoms with Gasteiger partial charge in [-0.15, -0.1) is 0 Å². The third kappa shape index (κ3) is 2.19. The maximum atomic E-state index is 10.8. The lowest BCUT2D eigenvalue weighted by molar-refractivity contribution is 0.0695. The fourth-order valence-electron chi connectivity index (χ4n) is 1.06. The van der Waals surface area contributed by atoms with Gasteiger partial charge in [0.1, 0.15) is 5.75 Å². The van der Waals surface area contributed by atoms with Crippen molar-refractivity contribution in [3.63, 3.8) is 0 Å². The zero-order valence-electron chi connectivity index (χ0n) is 7.38. The van der Waals surface area contributed by atoms with E-state index in [0.29, 0.717) is 21.7 Å². The van der Waals surface area contributed by atoms with Crippen LogP contribution in [0.15, 0.2) is 12.1 Å². The maximum absolute atomic E-state index is 10.8. The molecule has 0 aliphatic rings. The summed E-state index contributed by atoms with van der Waals surface area (Å²) < 4.78 is 4.92. The van der Waals surface area contributed by atoms with E-state index in [1.54, 1.807) is 6.07 Å². The molecule has 0 amide bonds. The summed E-state index contributed by atoms with van der Waals surface area (Å²) in [5.74, 6) is -0.622. The number of hydrogen-bond donors (Lipinski definition) is 1. The number of carbonyl (C=O) groups is 1. The molecule has 0 saturated heterocycles. The summed E-state index contributed by atoms with van der Waals surface area (Å²) in [7, 11) is 1.45. The number of carboxylic acid groups (broad SMARTS) is 1. The molecule has 0 spiro atoms. The van der Waals surface area contributed by atoms with E-state index < -0.39 is 5.97 Å². The largest absolute Gasteiger partial charge is 0.495 e. The lowest BCUT2D eigenvalue weighted by atomic mass is 10.1. The minimum absolute atomic E-state index is 0.197. The van der Waals surface area contributed by atoms with Crippen molar-refractivity contribution in [3.8, 4) is 5.75 Å². The summed E-state index contributed by atoms with van der Waals surface area (Å²) >= 11 is 9.04. The van der Waals surface area contributed by atoms with E-state index in [1.807, 2.05) is 0 Å². The predicted octanol–water partition coefficient (Wildman–Crippen LogP) is 2.94. The fraction of sp³-hybridized carbons (Fsp3) is 0.222. The minimum Gasteiger partial charge on any atom is -0.495 e. The van der Waals surface area contributed by atoms with Gasteiger partial charge in [0.25, 0.3) is 0 Å². The summed E-state index contributed by atoms with van der Waals surface area (Å²) in [4.78, 5) is 10.8. The van der Waals surface area contributed by atoms with Crippen molar-refractivity contribution in [1.29, 1.82) is 0 Å². The van der Waals surface area contributed by atoms with Crippen LogP contribution < -0.4 is 4.74 Å². The van der Waals surface area contributed by atoms with Gasteiger partial charge in [-0.25, -0.2) is 4.79 Å². The van der Waals surface area contributed by atoms with Crippen molar-refractivity contribution < 1.29 is 14.6 Å². The molecule has 0 fully saturated rings. The molecule has 0 bridgehead atoms. The molecule has 3 nitrogen and oxygen atoms in total. The van der Waals surface area contributed by atoms with Gasteiger partial charge in [-0.1, -0.05) is 27.5 Å². The Balaban J connectivity index is 3.32. The van der Waals surface area contributed by atoms with Crippen LogP contribution in [0.2, 0.25) is 5.02 Å². The molecule has 0 saturated carbocycles. The van der Waals surface area contributed by atoms with E-state index in [2.05, 4.69) is 15.9 Å². The third-order valence-corrected chi connectivity index (χ3v) is 2.65. The van der Waals surface area contributed by atoms with Crippen molar-refractivity contribution in [2.45, 2.75) is 5.33 Å². The maximum Gasteiger partial charge on any atom is 0.336 e. The number of aromatic carboxylic acids is 1. The summed E-state index contributed by atoms with van der Waals surface area (Å²) in [6.45, 7) is 0. The van der Waals surface area contributed by atoms with Gasteiger partial charge in [-0.2, -0.15) is 0 Å². The SMILES string of the molecule is COc1cc(C(=O)O)c(CBr)cc1Cl. The van der Waals surface area contributed by atoms with E-state index in [1.165, 1.54) is 13.2 Å². The third-order valence-electron chi connectivity index (χ3n) is 1.75. The Morgan fingerprint density at radius 3 is 2.71 bits per heavy atom. The first-order chi connectivity index (χ1) is 6.60. The molecule has 1 aromatic rings. The Labute approximate surface area is 94.8 Å². The minimum atomic E-state index is -0.991. The highest BCUT2D eigenvalue weighted by Crippen LogP contribution is 2.29. The lowest BCUT2D eigenvalue weighted by Gasteiger charge is -2.07.